The largest absolute Gasteiger partial charge is 0.225 e. The molecule has 0 aliphatic heterocycles. The van der Waals surface area contributed by atoms with E-state index in [2.05, 4.69) is 9.97 Å². The van der Waals surface area contributed by atoms with E-state index in [1.54, 1.807) is 17.7 Å². The highest BCUT2D eigenvalue weighted by molar-refractivity contribution is 7.18. The molecular formula is C12H13ClN2S. The Bertz CT molecular complexity index is 521. The number of aromatic nitrogens is 2. The Morgan fingerprint density at radius 3 is 2.75 bits per heavy atom. The Morgan fingerprint density at radius 1 is 1.06 bits per heavy atom. The Morgan fingerprint density at radius 2 is 1.88 bits per heavy atom. The lowest BCUT2D eigenvalue weighted by Crippen LogP contribution is -1.96. The first-order valence-corrected chi connectivity index (χ1v) is 6.96. The van der Waals surface area contributed by atoms with Crippen LogP contribution < -0.4 is 0 Å². The number of hydrogen-bond donors (Lipinski definition) is 0. The molecule has 0 N–H and O–H groups in total. The summed E-state index contributed by atoms with van der Waals surface area (Å²) >= 11 is 7.99. The molecule has 0 fully saturated rings. The molecule has 84 valence electrons. The molecule has 0 atom stereocenters. The van der Waals surface area contributed by atoms with Crippen molar-refractivity contribution in [2.24, 2.45) is 0 Å². The maximum Gasteiger partial charge on any atom is 0.141 e. The zero-order valence-electron chi connectivity index (χ0n) is 9.00. The molecule has 3 rings (SSSR count). The Kier molecular flexibility index (Phi) is 2.82. The summed E-state index contributed by atoms with van der Waals surface area (Å²) in [6.45, 7) is 0. The SMILES string of the molecule is Clc1ncnc2sc3c(c12)CCCCCC3. The second kappa shape index (κ2) is 4.30. The summed E-state index contributed by atoms with van der Waals surface area (Å²) in [4.78, 5) is 11.0. The van der Waals surface area contributed by atoms with Gasteiger partial charge < -0.3 is 0 Å². The average Bonchev–Trinajstić information content (AvgIpc) is 2.57. The second-order valence-electron chi connectivity index (χ2n) is 4.26. The maximum atomic E-state index is 6.18. The summed E-state index contributed by atoms with van der Waals surface area (Å²) in [7, 11) is 0. The Balaban J connectivity index is 2.21. The van der Waals surface area contributed by atoms with Gasteiger partial charge in [-0.05, 0) is 31.2 Å². The van der Waals surface area contributed by atoms with E-state index in [4.69, 9.17) is 11.6 Å². The van der Waals surface area contributed by atoms with Gasteiger partial charge in [-0.1, -0.05) is 24.4 Å². The number of thiophene rings is 1. The summed E-state index contributed by atoms with van der Waals surface area (Å²) in [5.74, 6) is 0. The van der Waals surface area contributed by atoms with Crippen LogP contribution in [0, 0.1) is 0 Å². The molecule has 2 aromatic rings. The smallest absolute Gasteiger partial charge is 0.141 e. The fraction of sp³-hybridized carbons (Fsp3) is 0.500. The molecule has 2 nitrogen and oxygen atoms in total. The van der Waals surface area contributed by atoms with Gasteiger partial charge in [-0.3, -0.25) is 0 Å². The van der Waals surface area contributed by atoms with Crippen molar-refractivity contribution >= 4 is 33.2 Å². The molecular weight excluding hydrogens is 240 g/mol. The predicted molar refractivity (Wildman–Crippen MR) is 68.3 cm³/mol. The fourth-order valence-electron chi connectivity index (χ4n) is 2.41. The third-order valence-electron chi connectivity index (χ3n) is 3.21. The fourth-order valence-corrected chi connectivity index (χ4v) is 3.94. The summed E-state index contributed by atoms with van der Waals surface area (Å²) < 4.78 is 0. The van der Waals surface area contributed by atoms with E-state index >= 15 is 0 Å². The minimum absolute atomic E-state index is 0.628. The molecule has 0 saturated carbocycles. The highest BCUT2D eigenvalue weighted by Crippen LogP contribution is 2.36. The molecule has 0 spiro atoms. The number of aryl methyl sites for hydroxylation is 2. The van der Waals surface area contributed by atoms with Crippen molar-refractivity contribution in [2.75, 3.05) is 0 Å². The van der Waals surface area contributed by atoms with Crippen LogP contribution in [-0.2, 0) is 12.8 Å². The van der Waals surface area contributed by atoms with Crippen molar-refractivity contribution in [1.82, 2.24) is 9.97 Å². The molecule has 0 bridgehead atoms. The third-order valence-corrected chi connectivity index (χ3v) is 4.69. The molecule has 1 aliphatic rings. The molecule has 0 radical (unpaired) electrons. The van der Waals surface area contributed by atoms with Crippen LogP contribution in [0.25, 0.3) is 10.2 Å². The number of halogens is 1. The number of hydrogen-bond acceptors (Lipinski definition) is 3. The van der Waals surface area contributed by atoms with E-state index in [0.717, 1.165) is 16.6 Å². The zero-order valence-corrected chi connectivity index (χ0v) is 10.6. The highest BCUT2D eigenvalue weighted by Gasteiger charge is 2.17. The molecule has 2 aromatic heterocycles. The van der Waals surface area contributed by atoms with Gasteiger partial charge in [-0.15, -0.1) is 11.3 Å². The van der Waals surface area contributed by atoms with E-state index in [0.29, 0.717) is 5.15 Å². The van der Waals surface area contributed by atoms with Crippen molar-refractivity contribution < 1.29 is 0 Å². The monoisotopic (exact) mass is 252 g/mol. The van der Waals surface area contributed by atoms with Crippen molar-refractivity contribution in [3.05, 3.63) is 21.9 Å². The van der Waals surface area contributed by atoms with Crippen LogP contribution in [-0.4, -0.2) is 9.97 Å². The molecule has 0 unspecified atom stereocenters. The lowest BCUT2D eigenvalue weighted by atomic mass is 9.98. The normalized spacial score (nSPS) is 16.8. The van der Waals surface area contributed by atoms with Gasteiger partial charge in [-0.2, -0.15) is 0 Å². The Labute approximate surface area is 104 Å². The average molecular weight is 253 g/mol. The summed E-state index contributed by atoms with van der Waals surface area (Å²) in [5, 5.41) is 1.74. The summed E-state index contributed by atoms with van der Waals surface area (Å²) in [5.41, 5.74) is 1.42. The van der Waals surface area contributed by atoms with E-state index in [9.17, 15) is 0 Å². The number of fused-ring (bicyclic) bond motifs is 3. The third kappa shape index (κ3) is 1.72. The van der Waals surface area contributed by atoms with Crippen molar-refractivity contribution in [3.63, 3.8) is 0 Å². The molecule has 0 amide bonds. The van der Waals surface area contributed by atoms with E-state index in [1.807, 2.05) is 0 Å². The second-order valence-corrected chi connectivity index (χ2v) is 5.70. The number of rotatable bonds is 0. The molecule has 4 heteroatoms. The lowest BCUT2D eigenvalue weighted by molar-refractivity contribution is 0.624. The zero-order chi connectivity index (χ0) is 11.0. The molecule has 0 saturated heterocycles. The van der Waals surface area contributed by atoms with E-state index < -0.39 is 0 Å². The highest BCUT2D eigenvalue weighted by atomic mass is 35.5. The van der Waals surface area contributed by atoms with E-state index in [-0.39, 0.29) is 0 Å². The Hall–Kier alpha value is -0.670. The van der Waals surface area contributed by atoms with Crippen LogP contribution >= 0.6 is 22.9 Å². The number of nitrogens with zero attached hydrogens (tertiary/aromatic N) is 2. The van der Waals surface area contributed by atoms with Crippen LogP contribution in [0.5, 0.6) is 0 Å². The van der Waals surface area contributed by atoms with Crippen LogP contribution in [0.15, 0.2) is 6.33 Å². The minimum Gasteiger partial charge on any atom is -0.225 e. The quantitative estimate of drug-likeness (QED) is 0.663. The van der Waals surface area contributed by atoms with Crippen molar-refractivity contribution in [3.8, 4) is 0 Å². The van der Waals surface area contributed by atoms with Gasteiger partial charge in [0.05, 0.1) is 5.39 Å². The van der Waals surface area contributed by atoms with Gasteiger partial charge in [0.1, 0.15) is 16.3 Å². The summed E-state index contributed by atoms with van der Waals surface area (Å²) in [6.07, 6.45) is 9.15. The molecule has 1 aliphatic carbocycles. The maximum absolute atomic E-state index is 6.18. The molecule has 2 heterocycles. The first-order valence-electron chi connectivity index (χ1n) is 5.77. The van der Waals surface area contributed by atoms with Crippen LogP contribution in [0.4, 0.5) is 0 Å². The van der Waals surface area contributed by atoms with Crippen LogP contribution in [0.2, 0.25) is 5.15 Å². The van der Waals surface area contributed by atoms with Gasteiger partial charge in [0.25, 0.3) is 0 Å². The van der Waals surface area contributed by atoms with Gasteiger partial charge in [0.2, 0.25) is 0 Å². The molecule has 16 heavy (non-hydrogen) atoms. The van der Waals surface area contributed by atoms with E-state index in [1.165, 1.54) is 42.5 Å². The standard InChI is InChI=1S/C12H13ClN2S/c13-11-10-8-5-3-1-2-4-6-9(8)16-12(10)15-7-14-11/h7H,1-6H2. The van der Waals surface area contributed by atoms with Gasteiger partial charge in [-0.25, -0.2) is 9.97 Å². The first-order chi connectivity index (χ1) is 7.86. The minimum atomic E-state index is 0.628. The topological polar surface area (TPSA) is 25.8 Å². The van der Waals surface area contributed by atoms with Crippen molar-refractivity contribution in [2.45, 2.75) is 38.5 Å². The summed E-state index contributed by atoms with van der Waals surface area (Å²) in [6, 6.07) is 0. The lowest BCUT2D eigenvalue weighted by Gasteiger charge is -2.09. The predicted octanol–water partition coefficient (Wildman–Crippen LogP) is 4.00. The van der Waals surface area contributed by atoms with Crippen LogP contribution in [0.1, 0.15) is 36.1 Å². The van der Waals surface area contributed by atoms with Gasteiger partial charge >= 0.3 is 0 Å². The molecule has 0 aromatic carbocycles. The van der Waals surface area contributed by atoms with Crippen molar-refractivity contribution in [1.29, 1.82) is 0 Å². The van der Waals surface area contributed by atoms with Crippen LogP contribution in [0.3, 0.4) is 0 Å². The van der Waals surface area contributed by atoms with Gasteiger partial charge in [0.15, 0.2) is 0 Å². The first kappa shape index (κ1) is 10.5. The van der Waals surface area contributed by atoms with Gasteiger partial charge in [0, 0.05) is 4.88 Å².